The normalized spacial score (nSPS) is 14.6. The van der Waals surface area contributed by atoms with Gasteiger partial charge < -0.3 is 19.6 Å². The number of quaternary nitrogens is 1. The van der Waals surface area contributed by atoms with E-state index in [1.54, 1.807) is 11.8 Å². The van der Waals surface area contributed by atoms with E-state index >= 15 is 0 Å². The van der Waals surface area contributed by atoms with E-state index in [1.165, 1.54) is 0 Å². The monoisotopic (exact) mass is 538 g/mol. The zero-order valence-electron chi connectivity index (χ0n) is 21.5. The molecule has 1 aliphatic heterocycles. The first-order valence-corrected chi connectivity index (χ1v) is 13.9. The number of aryl methyl sites for hydroxylation is 1. The maximum absolute atomic E-state index is 10.4. The number of hydrogen-bond donors (Lipinski definition) is 2. The van der Waals surface area contributed by atoms with Crippen molar-refractivity contribution in [2.75, 3.05) is 51.8 Å². The number of fused-ring (bicyclic) bond motifs is 2. The molecule has 4 rings (SSSR count). The summed E-state index contributed by atoms with van der Waals surface area (Å²) >= 11 is 8.06. The number of aliphatic hydroxyl groups excluding tert-OH is 2. The topological polar surface area (TPSA) is 71.4 Å². The first-order chi connectivity index (χ1) is 17.9. The third-order valence-electron chi connectivity index (χ3n) is 6.84. The van der Waals surface area contributed by atoms with Gasteiger partial charge in [0.05, 0.1) is 55.3 Å². The molecular weight excluding hydrogens is 504 g/mol. The van der Waals surface area contributed by atoms with Gasteiger partial charge >= 0.3 is 0 Å². The molecule has 0 atom stereocenters. The smallest absolute Gasteiger partial charge is 0.214 e. The van der Waals surface area contributed by atoms with Crippen LogP contribution in [0.1, 0.15) is 24.8 Å². The highest BCUT2D eigenvalue weighted by molar-refractivity contribution is 8.04. The number of halogens is 1. The molecule has 0 saturated carbocycles. The van der Waals surface area contributed by atoms with E-state index in [1.807, 2.05) is 36.4 Å². The second kappa shape index (κ2) is 12.3. The van der Waals surface area contributed by atoms with Crippen molar-refractivity contribution in [2.45, 2.75) is 30.7 Å². The fraction of sp³-hybridized carbons (Fsp3) is 0.379. The van der Waals surface area contributed by atoms with Crippen molar-refractivity contribution in [3.05, 3.63) is 70.3 Å². The van der Waals surface area contributed by atoms with Gasteiger partial charge in [0.2, 0.25) is 5.52 Å². The predicted molar refractivity (Wildman–Crippen MR) is 151 cm³/mol. The van der Waals surface area contributed by atoms with Gasteiger partial charge in [0.25, 0.3) is 0 Å². The predicted octanol–water partition coefficient (Wildman–Crippen LogP) is 4.82. The number of aliphatic hydroxyl groups is 2. The van der Waals surface area contributed by atoms with Crippen molar-refractivity contribution in [2.24, 2.45) is 0 Å². The molecule has 194 valence electrons. The minimum Gasteiger partial charge on any atom is -0.396 e. The van der Waals surface area contributed by atoms with Gasteiger partial charge in [-0.3, -0.25) is 0 Å². The van der Waals surface area contributed by atoms with Gasteiger partial charge in [-0.1, -0.05) is 35.5 Å². The lowest BCUT2D eigenvalue weighted by atomic mass is 10.0. The van der Waals surface area contributed by atoms with Crippen LogP contribution in [0.3, 0.4) is 0 Å². The maximum Gasteiger partial charge on any atom is 0.214 e. The Kier molecular flexibility index (Phi) is 9.12. The summed E-state index contributed by atoms with van der Waals surface area (Å²) in [5.74, 6) is 0. The molecule has 8 heteroatoms. The van der Waals surface area contributed by atoms with Gasteiger partial charge in [-0.25, -0.2) is 0 Å². The van der Waals surface area contributed by atoms with Crippen molar-refractivity contribution in [3.8, 4) is 6.07 Å². The zero-order valence-corrected chi connectivity index (χ0v) is 23.1. The second-order valence-corrected chi connectivity index (χ2v) is 11.5. The fourth-order valence-corrected chi connectivity index (χ4v) is 6.18. The van der Waals surface area contributed by atoms with Gasteiger partial charge in [0, 0.05) is 40.8 Å². The molecule has 0 unspecified atom stereocenters. The van der Waals surface area contributed by atoms with Gasteiger partial charge in [-0.15, -0.1) is 0 Å². The summed E-state index contributed by atoms with van der Waals surface area (Å²) in [7, 11) is 4.27. The number of para-hydroxylation sites is 1. The Balaban J connectivity index is 1.74. The average Bonchev–Trinajstić information content (AvgIpc) is 3.23. The molecule has 2 N–H and O–H groups in total. The van der Waals surface area contributed by atoms with Crippen molar-refractivity contribution in [3.63, 3.8) is 0 Å². The van der Waals surface area contributed by atoms with Crippen LogP contribution in [0.2, 0.25) is 5.02 Å². The fourth-order valence-electron chi connectivity index (χ4n) is 4.82. The number of aromatic nitrogens is 1. The molecule has 0 saturated heterocycles. The Bertz CT molecular complexity index is 1340. The SMILES string of the molecule is C[N+](C)(CCO)CCC[n+]1ccc(/C(C#N)=C2/Sc3ccccc3N2CCCCO)c2ccc(Cl)cc21. The van der Waals surface area contributed by atoms with Crippen LogP contribution in [-0.4, -0.2) is 61.6 Å². The summed E-state index contributed by atoms with van der Waals surface area (Å²) in [5.41, 5.74) is 3.64. The highest BCUT2D eigenvalue weighted by Gasteiger charge is 2.29. The first kappa shape index (κ1) is 27.4. The van der Waals surface area contributed by atoms with Crippen LogP contribution in [-0.2, 0) is 6.54 Å². The van der Waals surface area contributed by atoms with Crippen LogP contribution in [0.4, 0.5) is 5.69 Å². The average molecular weight is 539 g/mol. The largest absolute Gasteiger partial charge is 0.396 e. The Morgan fingerprint density at radius 2 is 1.86 bits per heavy atom. The summed E-state index contributed by atoms with van der Waals surface area (Å²) in [4.78, 5) is 3.36. The number of anilines is 1. The number of nitrogens with zero attached hydrogens (tertiary/aromatic N) is 4. The van der Waals surface area contributed by atoms with Gasteiger partial charge in [0.15, 0.2) is 12.7 Å². The summed E-state index contributed by atoms with van der Waals surface area (Å²) in [6.07, 6.45) is 4.57. The van der Waals surface area contributed by atoms with Crippen molar-refractivity contribution >= 4 is 45.5 Å². The number of pyridine rings is 1. The number of unbranched alkanes of at least 4 members (excludes halogenated alkanes) is 1. The standard InChI is InChI=1S/C29H35ClN4O2S/c1-34(2,17-19-36)16-7-13-32-15-12-23(24-11-10-22(30)20-27(24)32)25(21-31)29-33(14-5-6-18-35)26-8-3-4-9-28(26)37-29/h3-4,8-12,15,20,35-36H,5-7,13-14,16-19H2,1-2H3/q+2. The number of likely N-dealkylation sites (N-methyl/N-ethyl adjacent to an activating group) is 1. The lowest BCUT2D eigenvalue weighted by Crippen LogP contribution is -2.45. The molecule has 0 amide bonds. The zero-order chi connectivity index (χ0) is 26.4. The molecule has 2 aromatic carbocycles. The Hall–Kier alpha value is -2.60. The van der Waals surface area contributed by atoms with Gasteiger partial charge in [0.1, 0.15) is 12.6 Å². The van der Waals surface area contributed by atoms with E-state index in [0.717, 1.165) is 82.0 Å². The number of thioether (sulfide) groups is 1. The Labute approximate surface area is 228 Å². The van der Waals surface area contributed by atoms with E-state index in [4.69, 9.17) is 11.6 Å². The third-order valence-corrected chi connectivity index (χ3v) is 8.26. The number of hydrogen-bond acceptors (Lipinski definition) is 5. The van der Waals surface area contributed by atoms with Gasteiger partial charge in [-0.05, 0) is 37.1 Å². The Morgan fingerprint density at radius 1 is 1.05 bits per heavy atom. The minimum absolute atomic E-state index is 0.160. The minimum atomic E-state index is 0.160. The van der Waals surface area contributed by atoms with Crippen molar-refractivity contribution in [1.82, 2.24) is 0 Å². The molecule has 6 nitrogen and oxygen atoms in total. The molecule has 0 fully saturated rings. The Morgan fingerprint density at radius 3 is 2.62 bits per heavy atom. The van der Waals surface area contributed by atoms with Crippen molar-refractivity contribution in [1.29, 1.82) is 5.26 Å². The third kappa shape index (κ3) is 6.28. The van der Waals surface area contributed by atoms with Crippen LogP contribution in [0.5, 0.6) is 0 Å². The molecule has 0 spiro atoms. The van der Waals surface area contributed by atoms with Crippen LogP contribution < -0.4 is 9.47 Å². The molecule has 3 aromatic rings. The number of allylic oxidation sites excluding steroid dienone is 1. The quantitative estimate of drug-likeness (QED) is 0.158. The molecule has 1 aromatic heterocycles. The first-order valence-electron chi connectivity index (χ1n) is 12.7. The van der Waals surface area contributed by atoms with Crippen LogP contribution >= 0.6 is 23.4 Å². The molecule has 37 heavy (non-hydrogen) atoms. The molecule has 0 radical (unpaired) electrons. The maximum atomic E-state index is 10.4. The number of benzene rings is 2. The highest BCUT2D eigenvalue weighted by atomic mass is 35.5. The lowest BCUT2D eigenvalue weighted by Gasteiger charge is -2.28. The van der Waals surface area contributed by atoms with E-state index in [2.05, 4.69) is 48.0 Å². The van der Waals surface area contributed by atoms with E-state index in [-0.39, 0.29) is 13.2 Å². The summed E-state index contributed by atoms with van der Waals surface area (Å²) in [5, 5.41) is 31.7. The summed E-state index contributed by atoms with van der Waals surface area (Å²) in [6.45, 7) is 3.57. The van der Waals surface area contributed by atoms with E-state index in [0.29, 0.717) is 10.6 Å². The number of rotatable bonds is 11. The van der Waals surface area contributed by atoms with E-state index in [9.17, 15) is 15.5 Å². The van der Waals surface area contributed by atoms with E-state index < -0.39 is 0 Å². The molecule has 0 bridgehead atoms. The van der Waals surface area contributed by atoms with Crippen LogP contribution in [0, 0.1) is 11.3 Å². The summed E-state index contributed by atoms with van der Waals surface area (Å²) < 4.78 is 2.97. The molecular formula is C29H35ClN4O2S+2. The molecule has 1 aliphatic rings. The molecule has 2 heterocycles. The van der Waals surface area contributed by atoms with Crippen LogP contribution in [0.25, 0.3) is 16.5 Å². The van der Waals surface area contributed by atoms with Crippen molar-refractivity contribution < 1.29 is 19.3 Å². The second-order valence-electron chi connectivity index (χ2n) is 9.99. The van der Waals surface area contributed by atoms with Gasteiger partial charge in [-0.2, -0.15) is 9.83 Å². The lowest BCUT2D eigenvalue weighted by molar-refractivity contribution is -0.892. The highest BCUT2D eigenvalue weighted by Crippen LogP contribution is 2.49. The number of nitriles is 1. The summed E-state index contributed by atoms with van der Waals surface area (Å²) in [6, 6.07) is 18.7. The van der Waals surface area contributed by atoms with Crippen LogP contribution in [0.15, 0.2) is 64.7 Å². The molecule has 0 aliphatic carbocycles.